The van der Waals surface area contributed by atoms with Gasteiger partial charge in [-0.2, -0.15) is 0 Å². The molecule has 0 unspecified atom stereocenters. The number of sulfonamides is 1. The van der Waals surface area contributed by atoms with E-state index in [4.69, 9.17) is 0 Å². The van der Waals surface area contributed by atoms with Crippen molar-refractivity contribution in [2.45, 2.75) is 24.7 Å². The van der Waals surface area contributed by atoms with Gasteiger partial charge in [-0.1, -0.05) is 6.08 Å². The zero-order valence-electron chi connectivity index (χ0n) is 15.0. The van der Waals surface area contributed by atoms with Gasteiger partial charge in [-0.3, -0.25) is 9.52 Å². The van der Waals surface area contributed by atoms with E-state index in [2.05, 4.69) is 26.8 Å². The Hall–Kier alpha value is -2.94. The second kappa shape index (κ2) is 7.75. The molecule has 142 valence electrons. The lowest BCUT2D eigenvalue weighted by molar-refractivity contribution is -0.116. The SMILES string of the molecule is C=CCNc1ccc(NS(=O)(=O)c2ccc3c(c2)CCCN3C(C)=O)nn1. The van der Waals surface area contributed by atoms with Crippen molar-refractivity contribution in [1.29, 1.82) is 0 Å². The number of carbonyl (C=O) groups is 1. The molecule has 9 heteroatoms. The topological polar surface area (TPSA) is 104 Å². The molecule has 27 heavy (non-hydrogen) atoms. The second-order valence-corrected chi connectivity index (χ2v) is 7.83. The highest BCUT2D eigenvalue weighted by Gasteiger charge is 2.23. The number of hydrogen-bond acceptors (Lipinski definition) is 6. The van der Waals surface area contributed by atoms with Crippen molar-refractivity contribution in [1.82, 2.24) is 10.2 Å². The maximum atomic E-state index is 12.7. The number of anilines is 3. The van der Waals surface area contributed by atoms with Gasteiger partial charge in [0.2, 0.25) is 5.91 Å². The lowest BCUT2D eigenvalue weighted by Gasteiger charge is -2.28. The highest BCUT2D eigenvalue weighted by molar-refractivity contribution is 7.92. The Labute approximate surface area is 158 Å². The van der Waals surface area contributed by atoms with Crippen molar-refractivity contribution >= 4 is 33.3 Å². The fourth-order valence-electron chi connectivity index (χ4n) is 2.92. The van der Waals surface area contributed by atoms with Crippen LogP contribution in [0.2, 0.25) is 0 Å². The number of aromatic nitrogens is 2. The van der Waals surface area contributed by atoms with E-state index in [1.165, 1.54) is 19.1 Å². The molecule has 1 aliphatic rings. The van der Waals surface area contributed by atoms with Crippen molar-refractivity contribution in [3.63, 3.8) is 0 Å². The van der Waals surface area contributed by atoms with Gasteiger partial charge in [-0.05, 0) is 48.7 Å². The number of nitrogens with zero attached hydrogens (tertiary/aromatic N) is 3. The molecule has 2 N–H and O–H groups in total. The molecular weight excluding hydrogens is 366 g/mol. The van der Waals surface area contributed by atoms with E-state index in [9.17, 15) is 13.2 Å². The van der Waals surface area contributed by atoms with Crippen molar-refractivity contribution in [2.24, 2.45) is 0 Å². The smallest absolute Gasteiger partial charge is 0.263 e. The summed E-state index contributed by atoms with van der Waals surface area (Å²) in [7, 11) is -3.81. The number of hydrogen-bond donors (Lipinski definition) is 2. The Kier molecular flexibility index (Phi) is 5.41. The molecule has 2 heterocycles. The van der Waals surface area contributed by atoms with Crippen LogP contribution in [0.3, 0.4) is 0 Å². The number of rotatable bonds is 6. The number of nitrogens with one attached hydrogen (secondary N) is 2. The van der Waals surface area contributed by atoms with Gasteiger partial charge in [0.1, 0.15) is 5.82 Å². The molecule has 0 spiro atoms. The molecular formula is C18H21N5O3S. The zero-order chi connectivity index (χ0) is 19.4. The number of carbonyl (C=O) groups excluding carboxylic acids is 1. The summed E-state index contributed by atoms with van der Waals surface area (Å²) in [4.78, 5) is 13.5. The van der Waals surface area contributed by atoms with Gasteiger partial charge < -0.3 is 10.2 Å². The van der Waals surface area contributed by atoms with Crippen LogP contribution in [0.4, 0.5) is 17.3 Å². The van der Waals surface area contributed by atoms with Gasteiger partial charge in [0.25, 0.3) is 10.0 Å². The third-order valence-electron chi connectivity index (χ3n) is 4.19. The Morgan fingerprint density at radius 3 is 2.67 bits per heavy atom. The number of fused-ring (bicyclic) bond motifs is 1. The number of amides is 1. The summed E-state index contributed by atoms with van der Waals surface area (Å²) in [5, 5.41) is 10.8. The summed E-state index contributed by atoms with van der Waals surface area (Å²) in [5.41, 5.74) is 1.61. The predicted octanol–water partition coefficient (Wildman–Crippen LogP) is 2.17. The van der Waals surface area contributed by atoms with Crippen molar-refractivity contribution < 1.29 is 13.2 Å². The average Bonchev–Trinajstić information content (AvgIpc) is 2.66. The van der Waals surface area contributed by atoms with E-state index in [1.807, 2.05) is 0 Å². The molecule has 8 nitrogen and oxygen atoms in total. The predicted molar refractivity (Wildman–Crippen MR) is 104 cm³/mol. The van der Waals surface area contributed by atoms with Gasteiger partial charge in [-0.25, -0.2) is 8.42 Å². The van der Waals surface area contributed by atoms with Crippen LogP contribution in [0.25, 0.3) is 0 Å². The molecule has 0 atom stereocenters. The van der Waals surface area contributed by atoms with E-state index in [0.29, 0.717) is 18.9 Å². The van der Waals surface area contributed by atoms with Gasteiger partial charge >= 0.3 is 0 Å². The number of benzene rings is 1. The van der Waals surface area contributed by atoms with Crippen LogP contribution < -0.4 is 14.9 Å². The first kappa shape index (κ1) is 18.8. The standard InChI is InChI=1S/C18H21N5O3S/c1-3-10-19-17-8-9-18(21-20-17)22-27(25,26)15-6-7-16-14(12-15)5-4-11-23(16)13(2)24/h3,6-9,12H,1,4-5,10-11H2,2H3,(H,19,20)(H,21,22). The van der Waals surface area contributed by atoms with Crippen LogP contribution in [0.1, 0.15) is 18.9 Å². The second-order valence-electron chi connectivity index (χ2n) is 6.14. The highest BCUT2D eigenvalue weighted by atomic mass is 32.2. The Bertz CT molecular complexity index is 957. The Balaban J connectivity index is 1.81. The third kappa shape index (κ3) is 4.25. The molecule has 0 aliphatic carbocycles. The first-order valence-electron chi connectivity index (χ1n) is 8.53. The van der Waals surface area contributed by atoms with Crippen LogP contribution in [0, 0.1) is 0 Å². The minimum atomic E-state index is -3.81. The summed E-state index contributed by atoms with van der Waals surface area (Å²) in [6.45, 7) is 6.28. The summed E-state index contributed by atoms with van der Waals surface area (Å²) in [5.74, 6) is 0.600. The minimum Gasteiger partial charge on any atom is -0.365 e. The average molecular weight is 387 g/mol. The van der Waals surface area contributed by atoms with Crippen molar-refractivity contribution in [2.75, 3.05) is 28.0 Å². The van der Waals surface area contributed by atoms with E-state index in [1.54, 1.807) is 29.2 Å². The Morgan fingerprint density at radius 1 is 1.26 bits per heavy atom. The first-order chi connectivity index (χ1) is 12.9. The van der Waals surface area contributed by atoms with Crippen molar-refractivity contribution in [3.05, 3.63) is 48.6 Å². The molecule has 0 saturated heterocycles. The van der Waals surface area contributed by atoms with Crippen LogP contribution in [0.5, 0.6) is 0 Å². The molecule has 1 aromatic heterocycles. The molecule has 0 fully saturated rings. The van der Waals surface area contributed by atoms with Gasteiger partial charge in [-0.15, -0.1) is 16.8 Å². The van der Waals surface area contributed by atoms with Crippen LogP contribution in [0.15, 0.2) is 47.9 Å². The molecule has 2 aromatic rings. The summed E-state index contributed by atoms with van der Waals surface area (Å²) in [6, 6.07) is 7.95. The third-order valence-corrected chi connectivity index (χ3v) is 5.54. The summed E-state index contributed by atoms with van der Waals surface area (Å²) in [6.07, 6.45) is 3.21. The molecule has 1 aliphatic heterocycles. The highest BCUT2D eigenvalue weighted by Crippen LogP contribution is 2.30. The fourth-order valence-corrected chi connectivity index (χ4v) is 3.97. The first-order valence-corrected chi connectivity index (χ1v) is 10.0. The van der Waals surface area contributed by atoms with Gasteiger partial charge in [0.15, 0.2) is 5.82 Å². The van der Waals surface area contributed by atoms with Crippen LogP contribution >= 0.6 is 0 Å². The molecule has 0 radical (unpaired) electrons. The van der Waals surface area contributed by atoms with Gasteiger partial charge in [0.05, 0.1) is 4.90 Å². The minimum absolute atomic E-state index is 0.0508. The molecule has 1 aromatic carbocycles. The molecule has 1 amide bonds. The maximum Gasteiger partial charge on any atom is 0.263 e. The van der Waals surface area contributed by atoms with E-state index in [-0.39, 0.29) is 16.6 Å². The summed E-state index contributed by atoms with van der Waals surface area (Å²) >= 11 is 0. The Morgan fingerprint density at radius 2 is 2.00 bits per heavy atom. The maximum absolute atomic E-state index is 12.7. The monoisotopic (exact) mass is 387 g/mol. The van der Waals surface area contributed by atoms with Crippen LogP contribution in [-0.2, 0) is 21.2 Å². The summed E-state index contributed by atoms with van der Waals surface area (Å²) < 4.78 is 27.8. The quantitative estimate of drug-likeness (QED) is 0.736. The lowest BCUT2D eigenvalue weighted by atomic mass is 10.0. The van der Waals surface area contributed by atoms with Gasteiger partial charge in [0, 0.05) is 25.7 Å². The molecule has 0 saturated carbocycles. The largest absolute Gasteiger partial charge is 0.365 e. The molecule has 0 bridgehead atoms. The van der Waals surface area contributed by atoms with E-state index in [0.717, 1.165) is 24.1 Å². The number of aryl methyl sites for hydroxylation is 1. The van der Waals surface area contributed by atoms with Crippen LogP contribution in [-0.4, -0.2) is 37.6 Å². The molecule has 3 rings (SSSR count). The van der Waals surface area contributed by atoms with E-state index >= 15 is 0 Å². The lowest BCUT2D eigenvalue weighted by Crippen LogP contribution is -2.33. The normalized spacial score (nSPS) is 13.6. The van der Waals surface area contributed by atoms with E-state index < -0.39 is 10.0 Å². The zero-order valence-corrected chi connectivity index (χ0v) is 15.8. The fraction of sp³-hybridized carbons (Fsp3) is 0.278. The van der Waals surface area contributed by atoms with Crippen molar-refractivity contribution in [3.8, 4) is 0 Å².